The predicted molar refractivity (Wildman–Crippen MR) is 65.3 cm³/mol. The van der Waals surface area contributed by atoms with E-state index in [0.29, 0.717) is 6.42 Å². The van der Waals surface area contributed by atoms with Gasteiger partial charge in [0, 0.05) is 0 Å². The Morgan fingerprint density at radius 2 is 2.06 bits per heavy atom. The second kappa shape index (κ2) is 4.85. The summed E-state index contributed by atoms with van der Waals surface area (Å²) in [5.74, 6) is -0.146. The minimum Gasteiger partial charge on any atom is -0.394 e. The maximum Gasteiger partial charge on any atom is 0.240 e. The summed E-state index contributed by atoms with van der Waals surface area (Å²) in [6.45, 7) is -0.0727. The molecule has 0 bridgehead atoms. The maximum atomic E-state index is 11.7. The second-order valence-electron chi connectivity index (χ2n) is 4.70. The molecule has 4 N–H and O–H groups in total. The molecule has 17 heavy (non-hydrogen) atoms. The third-order valence-corrected chi connectivity index (χ3v) is 3.12. The summed E-state index contributed by atoms with van der Waals surface area (Å²) < 4.78 is 0. The highest BCUT2D eigenvalue weighted by Gasteiger charge is 2.46. The molecule has 1 aliphatic rings. The molecule has 4 nitrogen and oxygen atoms in total. The molecule has 1 saturated carbocycles. The van der Waals surface area contributed by atoms with Gasteiger partial charge < -0.3 is 16.2 Å². The van der Waals surface area contributed by atoms with E-state index in [9.17, 15) is 9.90 Å². The van der Waals surface area contributed by atoms with Crippen molar-refractivity contribution in [1.29, 1.82) is 0 Å². The standard InChI is InChI=1S/C13H18N2O2/c14-13(6-7-13)12(17)15-11(9-16)8-10-4-2-1-3-5-10/h1-5,11,16H,6-9,14H2,(H,15,17)/t11-/m1/s1. The molecule has 0 saturated heterocycles. The lowest BCUT2D eigenvalue weighted by Gasteiger charge is -2.18. The summed E-state index contributed by atoms with van der Waals surface area (Å²) in [5, 5.41) is 12.1. The number of amides is 1. The molecule has 92 valence electrons. The van der Waals surface area contributed by atoms with Crippen LogP contribution in [-0.4, -0.2) is 29.2 Å². The Morgan fingerprint density at radius 3 is 2.59 bits per heavy atom. The maximum absolute atomic E-state index is 11.7. The van der Waals surface area contributed by atoms with E-state index in [1.54, 1.807) is 0 Å². The van der Waals surface area contributed by atoms with E-state index in [0.717, 1.165) is 18.4 Å². The number of aliphatic hydroxyl groups is 1. The van der Waals surface area contributed by atoms with Gasteiger partial charge in [-0.3, -0.25) is 4.79 Å². The van der Waals surface area contributed by atoms with Gasteiger partial charge in [0.2, 0.25) is 5.91 Å². The van der Waals surface area contributed by atoms with E-state index in [4.69, 9.17) is 5.73 Å². The van der Waals surface area contributed by atoms with Crippen LogP contribution in [0.25, 0.3) is 0 Å². The fraction of sp³-hybridized carbons (Fsp3) is 0.462. The van der Waals surface area contributed by atoms with Crippen LogP contribution in [0.3, 0.4) is 0 Å². The zero-order valence-electron chi connectivity index (χ0n) is 9.73. The Bertz CT molecular complexity index is 388. The van der Waals surface area contributed by atoms with Gasteiger partial charge in [-0.1, -0.05) is 30.3 Å². The minimum atomic E-state index is -0.676. The van der Waals surface area contributed by atoms with Crippen molar-refractivity contribution in [3.63, 3.8) is 0 Å². The third kappa shape index (κ3) is 3.05. The van der Waals surface area contributed by atoms with Crippen molar-refractivity contribution in [3.05, 3.63) is 35.9 Å². The molecule has 0 spiro atoms. The van der Waals surface area contributed by atoms with Crippen molar-refractivity contribution in [2.75, 3.05) is 6.61 Å². The third-order valence-electron chi connectivity index (χ3n) is 3.12. The van der Waals surface area contributed by atoms with Crippen LogP contribution in [0.1, 0.15) is 18.4 Å². The summed E-state index contributed by atoms with van der Waals surface area (Å²) in [7, 11) is 0. The van der Waals surface area contributed by atoms with E-state index >= 15 is 0 Å². The molecule has 1 aliphatic carbocycles. The molecule has 1 amide bonds. The van der Waals surface area contributed by atoms with Crippen molar-refractivity contribution in [2.24, 2.45) is 5.73 Å². The Hall–Kier alpha value is -1.39. The lowest BCUT2D eigenvalue weighted by molar-refractivity contribution is -0.124. The molecular formula is C13H18N2O2. The molecule has 1 aromatic rings. The van der Waals surface area contributed by atoms with Crippen molar-refractivity contribution in [1.82, 2.24) is 5.32 Å². The number of carbonyl (C=O) groups is 1. The van der Waals surface area contributed by atoms with E-state index in [-0.39, 0.29) is 18.6 Å². The summed E-state index contributed by atoms with van der Waals surface area (Å²) in [6.07, 6.45) is 2.10. The van der Waals surface area contributed by atoms with Crippen molar-refractivity contribution in [3.8, 4) is 0 Å². The number of hydrogen-bond acceptors (Lipinski definition) is 3. The predicted octanol–water partition coefficient (Wildman–Crippen LogP) is 0.198. The number of nitrogens with two attached hydrogens (primary N) is 1. The molecule has 0 radical (unpaired) electrons. The molecule has 0 aliphatic heterocycles. The van der Waals surface area contributed by atoms with Gasteiger partial charge in [0.1, 0.15) is 0 Å². The Kier molecular flexibility index (Phi) is 3.45. The van der Waals surface area contributed by atoms with Gasteiger partial charge in [0.25, 0.3) is 0 Å². The van der Waals surface area contributed by atoms with Crippen LogP contribution in [-0.2, 0) is 11.2 Å². The highest BCUT2D eigenvalue weighted by Crippen LogP contribution is 2.32. The summed E-state index contributed by atoms with van der Waals surface area (Å²) in [5.41, 5.74) is 6.21. The van der Waals surface area contributed by atoms with Crippen molar-refractivity contribution in [2.45, 2.75) is 30.8 Å². The number of hydrogen-bond donors (Lipinski definition) is 3. The van der Waals surface area contributed by atoms with E-state index in [1.807, 2.05) is 30.3 Å². The monoisotopic (exact) mass is 234 g/mol. The average molecular weight is 234 g/mol. The largest absolute Gasteiger partial charge is 0.394 e. The van der Waals surface area contributed by atoms with E-state index in [1.165, 1.54) is 0 Å². The average Bonchev–Trinajstić information content (AvgIpc) is 3.09. The quantitative estimate of drug-likeness (QED) is 0.681. The van der Waals surface area contributed by atoms with Crippen LogP contribution in [0.4, 0.5) is 0 Å². The highest BCUT2D eigenvalue weighted by atomic mass is 16.3. The van der Waals surface area contributed by atoms with Gasteiger partial charge >= 0.3 is 0 Å². The Labute approximate surface area is 101 Å². The SMILES string of the molecule is NC1(C(=O)N[C@@H](CO)Cc2ccccc2)CC1. The van der Waals surface area contributed by atoms with Crippen LogP contribution in [0.5, 0.6) is 0 Å². The topological polar surface area (TPSA) is 75.4 Å². The smallest absolute Gasteiger partial charge is 0.240 e. The van der Waals surface area contributed by atoms with Gasteiger partial charge in [0.05, 0.1) is 18.2 Å². The molecule has 1 atom stereocenters. The molecule has 1 aromatic carbocycles. The lowest BCUT2D eigenvalue weighted by atomic mass is 10.1. The Balaban J connectivity index is 1.91. The minimum absolute atomic E-state index is 0.0727. The zero-order valence-corrected chi connectivity index (χ0v) is 9.73. The fourth-order valence-corrected chi connectivity index (χ4v) is 1.75. The lowest BCUT2D eigenvalue weighted by Crippen LogP contribution is -2.49. The molecule has 0 heterocycles. The molecule has 0 aromatic heterocycles. The summed E-state index contributed by atoms with van der Waals surface area (Å²) in [6, 6.07) is 9.52. The van der Waals surface area contributed by atoms with Gasteiger partial charge in [-0.15, -0.1) is 0 Å². The van der Waals surface area contributed by atoms with Gasteiger partial charge in [-0.25, -0.2) is 0 Å². The molecule has 2 rings (SSSR count). The first-order chi connectivity index (χ1) is 8.14. The van der Waals surface area contributed by atoms with Crippen LogP contribution >= 0.6 is 0 Å². The second-order valence-corrected chi connectivity index (χ2v) is 4.70. The van der Waals surface area contributed by atoms with Crippen LogP contribution in [0.2, 0.25) is 0 Å². The number of carbonyl (C=O) groups excluding carboxylic acids is 1. The van der Waals surface area contributed by atoms with Crippen LogP contribution < -0.4 is 11.1 Å². The van der Waals surface area contributed by atoms with Gasteiger partial charge in [0.15, 0.2) is 0 Å². The first-order valence-corrected chi connectivity index (χ1v) is 5.89. The van der Waals surface area contributed by atoms with E-state index in [2.05, 4.69) is 5.32 Å². The number of rotatable bonds is 5. The van der Waals surface area contributed by atoms with E-state index < -0.39 is 5.54 Å². The Morgan fingerprint density at radius 1 is 1.41 bits per heavy atom. The number of benzene rings is 1. The van der Waals surface area contributed by atoms with Crippen molar-refractivity contribution < 1.29 is 9.90 Å². The highest BCUT2D eigenvalue weighted by molar-refractivity contribution is 5.89. The fourth-order valence-electron chi connectivity index (χ4n) is 1.75. The molecule has 4 heteroatoms. The number of nitrogens with one attached hydrogen (secondary N) is 1. The number of aliphatic hydroxyl groups excluding tert-OH is 1. The molecular weight excluding hydrogens is 216 g/mol. The summed E-state index contributed by atoms with van der Waals surface area (Å²) >= 11 is 0. The first-order valence-electron chi connectivity index (χ1n) is 5.89. The summed E-state index contributed by atoms with van der Waals surface area (Å²) in [4.78, 5) is 11.7. The van der Waals surface area contributed by atoms with Crippen LogP contribution in [0.15, 0.2) is 30.3 Å². The van der Waals surface area contributed by atoms with Gasteiger partial charge in [-0.05, 0) is 24.8 Å². The van der Waals surface area contributed by atoms with Gasteiger partial charge in [-0.2, -0.15) is 0 Å². The molecule has 1 fully saturated rings. The van der Waals surface area contributed by atoms with Crippen molar-refractivity contribution >= 4 is 5.91 Å². The zero-order chi connectivity index (χ0) is 12.3. The normalized spacial score (nSPS) is 18.5. The van der Waals surface area contributed by atoms with Crippen LogP contribution in [0, 0.1) is 0 Å². The molecule has 0 unspecified atom stereocenters. The first kappa shape index (κ1) is 12.1.